The Morgan fingerprint density at radius 2 is 2.05 bits per heavy atom. The lowest BCUT2D eigenvalue weighted by Gasteiger charge is -2.32. The van der Waals surface area contributed by atoms with Gasteiger partial charge in [-0.15, -0.1) is 0 Å². The SMILES string of the molecule is CCCC1CC1N1CCC(=O)NC2(CCCC2)C1=O. The van der Waals surface area contributed by atoms with E-state index < -0.39 is 5.54 Å². The maximum absolute atomic E-state index is 12.9. The van der Waals surface area contributed by atoms with Gasteiger partial charge in [0.15, 0.2) is 0 Å². The van der Waals surface area contributed by atoms with Gasteiger partial charge in [-0.25, -0.2) is 0 Å². The molecule has 3 rings (SSSR count). The highest BCUT2D eigenvalue weighted by atomic mass is 16.2. The lowest BCUT2D eigenvalue weighted by Crippen LogP contribution is -2.56. The normalized spacial score (nSPS) is 33.4. The lowest BCUT2D eigenvalue weighted by atomic mass is 9.95. The molecule has 2 aliphatic carbocycles. The van der Waals surface area contributed by atoms with Crippen LogP contribution >= 0.6 is 0 Å². The molecule has 2 atom stereocenters. The van der Waals surface area contributed by atoms with Crippen LogP contribution in [0.2, 0.25) is 0 Å². The molecule has 0 bridgehead atoms. The van der Waals surface area contributed by atoms with Crippen molar-refractivity contribution in [3.05, 3.63) is 0 Å². The van der Waals surface area contributed by atoms with Crippen LogP contribution in [0.25, 0.3) is 0 Å². The number of rotatable bonds is 3. The fourth-order valence-corrected chi connectivity index (χ4v) is 3.91. The summed E-state index contributed by atoms with van der Waals surface area (Å²) in [7, 11) is 0. The molecule has 3 aliphatic rings. The zero-order valence-corrected chi connectivity index (χ0v) is 11.8. The van der Waals surface area contributed by atoms with Gasteiger partial charge >= 0.3 is 0 Å². The summed E-state index contributed by atoms with van der Waals surface area (Å²) in [6, 6.07) is 0.414. The van der Waals surface area contributed by atoms with Gasteiger partial charge in [0.2, 0.25) is 11.8 Å². The van der Waals surface area contributed by atoms with Gasteiger partial charge in [0.1, 0.15) is 5.54 Å². The first kappa shape index (κ1) is 12.9. The first-order chi connectivity index (χ1) is 9.16. The molecule has 1 aliphatic heterocycles. The number of hydrogen-bond donors (Lipinski definition) is 1. The summed E-state index contributed by atoms with van der Waals surface area (Å²) in [5, 5.41) is 3.03. The molecular weight excluding hydrogens is 240 g/mol. The van der Waals surface area contributed by atoms with Gasteiger partial charge < -0.3 is 10.2 Å². The average molecular weight is 264 g/mol. The summed E-state index contributed by atoms with van der Waals surface area (Å²) in [4.78, 5) is 26.8. The minimum absolute atomic E-state index is 0.0606. The highest BCUT2D eigenvalue weighted by Gasteiger charge is 2.52. The molecule has 1 N–H and O–H groups in total. The Labute approximate surface area is 114 Å². The molecule has 0 radical (unpaired) electrons. The van der Waals surface area contributed by atoms with Gasteiger partial charge in [-0.1, -0.05) is 26.2 Å². The topological polar surface area (TPSA) is 49.4 Å². The molecule has 106 valence electrons. The second kappa shape index (κ2) is 4.80. The van der Waals surface area contributed by atoms with E-state index in [-0.39, 0.29) is 11.8 Å². The van der Waals surface area contributed by atoms with E-state index in [0.29, 0.717) is 24.9 Å². The number of amides is 2. The Morgan fingerprint density at radius 3 is 2.74 bits per heavy atom. The molecule has 19 heavy (non-hydrogen) atoms. The van der Waals surface area contributed by atoms with Crippen molar-refractivity contribution in [2.75, 3.05) is 6.54 Å². The van der Waals surface area contributed by atoms with Crippen LogP contribution in [0.5, 0.6) is 0 Å². The molecule has 1 heterocycles. The summed E-state index contributed by atoms with van der Waals surface area (Å²) >= 11 is 0. The Morgan fingerprint density at radius 1 is 1.32 bits per heavy atom. The second-order valence-corrected chi connectivity index (χ2v) is 6.44. The molecule has 1 spiro atoms. The van der Waals surface area contributed by atoms with Gasteiger partial charge in [0.25, 0.3) is 0 Å². The van der Waals surface area contributed by atoms with Crippen LogP contribution in [-0.2, 0) is 9.59 Å². The van der Waals surface area contributed by atoms with Crippen LogP contribution in [0.3, 0.4) is 0 Å². The zero-order chi connectivity index (χ0) is 13.5. The van der Waals surface area contributed by atoms with E-state index in [9.17, 15) is 9.59 Å². The monoisotopic (exact) mass is 264 g/mol. The number of nitrogens with one attached hydrogen (secondary N) is 1. The third-order valence-electron chi connectivity index (χ3n) is 5.03. The number of nitrogens with zero attached hydrogens (tertiary/aromatic N) is 1. The number of carbonyl (C=O) groups excluding carboxylic acids is 2. The van der Waals surface area contributed by atoms with Crippen LogP contribution in [0.4, 0.5) is 0 Å². The average Bonchev–Trinajstić information content (AvgIpc) is 2.99. The van der Waals surface area contributed by atoms with Crippen molar-refractivity contribution in [2.45, 2.75) is 69.9 Å². The third kappa shape index (κ3) is 2.26. The second-order valence-electron chi connectivity index (χ2n) is 6.44. The minimum Gasteiger partial charge on any atom is -0.342 e. The van der Waals surface area contributed by atoms with Gasteiger partial charge in [0, 0.05) is 19.0 Å². The Kier molecular flexibility index (Phi) is 3.27. The smallest absolute Gasteiger partial charge is 0.248 e. The van der Waals surface area contributed by atoms with Crippen molar-refractivity contribution in [2.24, 2.45) is 5.92 Å². The van der Waals surface area contributed by atoms with E-state index in [2.05, 4.69) is 12.2 Å². The molecule has 0 aromatic carbocycles. The van der Waals surface area contributed by atoms with Crippen molar-refractivity contribution in [1.29, 1.82) is 0 Å². The van der Waals surface area contributed by atoms with Crippen molar-refractivity contribution in [3.8, 4) is 0 Å². The van der Waals surface area contributed by atoms with E-state index in [1.54, 1.807) is 0 Å². The van der Waals surface area contributed by atoms with Gasteiger partial charge in [-0.2, -0.15) is 0 Å². The van der Waals surface area contributed by atoms with Crippen molar-refractivity contribution in [3.63, 3.8) is 0 Å². The quantitative estimate of drug-likeness (QED) is 0.845. The Balaban J connectivity index is 1.77. The lowest BCUT2D eigenvalue weighted by molar-refractivity contribution is -0.139. The highest BCUT2D eigenvalue weighted by molar-refractivity contribution is 5.94. The van der Waals surface area contributed by atoms with Crippen LogP contribution in [0.15, 0.2) is 0 Å². The van der Waals surface area contributed by atoms with E-state index in [0.717, 1.165) is 32.1 Å². The molecule has 2 amide bonds. The maximum Gasteiger partial charge on any atom is 0.248 e. The maximum atomic E-state index is 12.9. The van der Waals surface area contributed by atoms with Crippen LogP contribution in [0.1, 0.15) is 58.3 Å². The zero-order valence-electron chi connectivity index (χ0n) is 11.8. The molecule has 2 saturated carbocycles. The summed E-state index contributed by atoms with van der Waals surface area (Å²) in [6.45, 7) is 2.82. The summed E-state index contributed by atoms with van der Waals surface area (Å²) in [5.41, 5.74) is -0.549. The van der Waals surface area contributed by atoms with Gasteiger partial charge in [0.05, 0.1) is 0 Å². The fraction of sp³-hybridized carbons (Fsp3) is 0.867. The molecule has 4 nitrogen and oxygen atoms in total. The van der Waals surface area contributed by atoms with Crippen molar-refractivity contribution >= 4 is 11.8 Å². The Bertz CT molecular complexity index is 388. The molecule has 4 heteroatoms. The summed E-state index contributed by atoms with van der Waals surface area (Å²) in [5.74, 6) is 0.950. The standard InChI is InChI=1S/C15H24N2O2/c1-2-5-11-10-12(11)17-9-6-13(18)16-15(14(17)19)7-3-4-8-15/h11-12H,2-10H2,1H3,(H,16,18). The van der Waals surface area contributed by atoms with Crippen LogP contribution < -0.4 is 5.32 Å². The van der Waals surface area contributed by atoms with Crippen LogP contribution in [0, 0.1) is 5.92 Å². The van der Waals surface area contributed by atoms with E-state index in [1.165, 1.54) is 12.8 Å². The highest BCUT2D eigenvalue weighted by Crippen LogP contribution is 2.42. The van der Waals surface area contributed by atoms with Gasteiger partial charge in [-0.3, -0.25) is 9.59 Å². The molecule has 0 aromatic heterocycles. The molecule has 2 unspecified atom stereocenters. The predicted octanol–water partition coefficient (Wildman–Crippen LogP) is 1.84. The predicted molar refractivity (Wildman–Crippen MR) is 72.5 cm³/mol. The first-order valence-electron chi connectivity index (χ1n) is 7.78. The molecule has 3 fully saturated rings. The Hall–Kier alpha value is -1.06. The minimum atomic E-state index is -0.549. The largest absolute Gasteiger partial charge is 0.342 e. The van der Waals surface area contributed by atoms with Crippen molar-refractivity contribution in [1.82, 2.24) is 10.2 Å². The molecular formula is C15H24N2O2. The summed E-state index contributed by atoms with van der Waals surface area (Å²) < 4.78 is 0. The van der Waals surface area contributed by atoms with Crippen LogP contribution in [-0.4, -0.2) is 34.8 Å². The third-order valence-corrected chi connectivity index (χ3v) is 5.03. The molecule has 0 aromatic rings. The number of carbonyl (C=O) groups is 2. The number of hydrogen-bond acceptors (Lipinski definition) is 2. The van der Waals surface area contributed by atoms with Crippen molar-refractivity contribution < 1.29 is 9.59 Å². The fourth-order valence-electron chi connectivity index (χ4n) is 3.91. The van der Waals surface area contributed by atoms with E-state index in [4.69, 9.17) is 0 Å². The van der Waals surface area contributed by atoms with Gasteiger partial charge in [-0.05, 0) is 31.6 Å². The van der Waals surface area contributed by atoms with E-state index in [1.807, 2.05) is 4.90 Å². The summed E-state index contributed by atoms with van der Waals surface area (Å²) in [6.07, 6.45) is 7.80. The first-order valence-corrected chi connectivity index (χ1v) is 7.78. The molecule has 1 saturated heterocycles. The van der Waals surface area contributed by atoms with E-state index >= 15 is 0 Å².